The van der Waals surface area contributed by atoms with Gasteiger partial charge in [0.2, 0.25) is 0 Å². The molecular weight excluding hydrogens is 355 g/mol. The van der Waals surface area contributed by atoms with Crippen LogP contribution in [0.4, 0.5) is 4.39 Å². The smallest absolute Gasteiger partial charge is 0.340 e. The van der Waals surface area contributed by atoms with Crippen molar-refractivity contribution in [3.63, 3.8) is 0 Å². The molecule has 2 aromatic carbocycles. The molecule has 0 heterocycles. The normalized spacial score (nSPS) is 17.0. The summed E-state index contributed by atoms with van der Waals surface area (Å²) < 4.78 is 43.2. The zero-order chi connectivity index (χ0) is 17.6. The first kappa shape index (κ1) is 16.9. The molecular formula is C17H14ClFO4S. The van der Waals surface area contributed by atoms with Gasteiger partial charge in [-0.05, 0) is 48.2 Å². The maximum absolute atomic E-state index is 13.1. The van der Waals surface area contributed by atoms with E-state index in [0.29, 0.717) is 12.0 Å². The fourth-order valence-corrected chi connectivity index (χ4v) is 4.47. The lowest BCUT2D eigenvalue weighted by Crippen LogP contribution is -2.13. The molecule has 0 saturated carbocycles. The third kappa shape index (κ3) is 2.80. The van der Waals surface area contributed by atoms with Crippen molar-refractivity contribution in [1.82, 2.24) is 0 Å². The lowest BCUT2D eigenvalue weighted by molar-refractivity contribution is 0.0989. The molecule has 0 bridgehead atoms. The SMILES string of the molecule is Cc1ccc(OS(=O)(=O)c2ccc(F)cc2Cl)c2c1C(C)CC2=O. The third-order valence-corrected chi connectivity index (χ3v) is 5.77. The van der Waals surface area contributed by atoms with Gasteiger partial charge in [-0.25, -0.2) is 4.39 Å². The Kier molecular flexibility index (Phi) is 4.13. The molecule has 1 unspecified atom stereocenters. The molecule has 0 N–H and O–H groups in total. The van der Waals surface area contributed by atoms with Gasteiger partial charge in [0.05, 0.1) is 10.6 Å². The maximum Gasteiger partial charge on any atom is 0.340 e. The molecule has 0 aliphatic heterocycles. The number of hydrogen-bond donors (Lipinski definition) is 0. The Labute approximate surface area is 144 Å². The molecule has 7 heteroatoms. The van der Waals surface area contributed by atoms with Gasteiger partial charge in [-0.2, -0.15) is 8.42 Å². The van der Waals surface area contributed by atoms with Gasteiger partial charge in [0.1, 0.15) is 10.7 Å². The summed E-state index contributed by atoms with van der Waals surface area (Å²) in [4.78, 5) is 11.9. The quantitative estimate of drug-likeness (QED) is 0.760. The van der Waals surface area contributed by atoms with Gasteiger partial charge in [-0.15, -0.1) is 0 Å². The number of benzene rings is 2. The lowest BCUT2D eigenvalue weighted by Gasteiger charge is -2.13. The van der Waals surface area contributed by atoms with Crippen LogP contribution in [-0.4, -0.2) is 14.2 Å². The van der Waals surface area contributed by atoms with E-state index < -0.39 is 15.9 Å². The molecule has 0 spiro atoms. The Bertz CT molecular complexity index is 953. The molecule has 0 fully saturated rings. The molecule has 4 nitrogen and oxygen atoms in total. The monoisotopic (exact) mass is 368 g/mol. The van der Waals surface area contributed by atoms with Crippen molar-refractivity contribution >= 4 is 27.5 Å². The van der Waals surface area contributed by atoms with Crippen LogP contribution >= 0.6 is 11.6 Å². The number of hydrogen-bond acceptors (Lipinski definition) is 4. The predicted molar refractivity (Wildman–Crippen MR) is 87.8 cm³/mol. The standard InChI is InChI=1S/C17H14ClFO4S/c1-9-3-5-14(17-13(20)7-10(2)16(9)17)23-24(21,22)15-6-4-11(19)8-12(15)18/h3-6,8,10H,7H2,1-2H3. The van der Waals surface area contributed by atoms with Gasteiger partial charge in [0.25, 0.3) is 0 Å². The molecule has 24 heavy (non-hydrogen) atoms. The summed E-state index contributed by atoms with van der Waals surface area (Å²) in [6, 6.07) is 6.08. The van der Waals surface area contributed by atoms with Gasteiger partial charge in [-0.1, -0.05) is 24.6 Å². The lowest BCUT2D eigenvalue weighted by atomic mass is 9.98. The Morgan fingerprint density at radius 1 is 1.25 bits per heavy atom. The second-order valence-electron chi connectivity index (χ2n) is 5.81. The van der Waals surface area contributed by atoms with E-state index in [1.807, 2.05) is 13.8 Å². The minimum Gasteiger partial charge on any atom is -0.378 e. The third-order valence-electron chi connectivity index (χ3n) is 4.05. The van der Waals surface area contributed by atoms with Crippen LogP contribution in [-0.2, 0) is 10.1 Å². The van der Waals surface area contributed by atoms with Crippen LogP contribution in [0.25, 0.3) is 0 Å². The summed E-state index contributed by atoms with van der Waals surface area (Å²) in [7, 11) is -4.29. The summed E-state index contributed by atoms with van der Waals surface area (Å²) in [6.45, 7) is 3.77. The van der Waals surface area contributed by atoms with E-state index in [1.165, 1.54) is 6.07 Å². The Morgan fingerprint density at radius 3 is 2.62 bits per heavy atom. The maximum atomic E-state index is 13.1. The number of rotatable bonds is 3. The molecule has 0 aromatic heterocycles. The fourth-order valence-electron chi connectivity index (χ4n) is 3.02. The van der Waals surface area contributed by atoms with E-state index in [0.717, 1.165) is 29.3 Å². The summed E-state index contributed by atoms with van der Waals surface area (Å²) in [5.74, 6) is -0.825. The molecule has 0 saturated heterocycles. The van der Waals surface area contributed by atoms with Crippen molar-refractivity contribution in [2.24, 2.45) is 0 Å². The minimum atomic E-state index is -4.29. The van der Waals surface area contributed by atoms with Crippen molar-refractivity contribution in [1.29, 1.82) is 0 Å². The van der Waals surface area contributed by atoms with Crippen LogP contribution in [0, 0.1) is 12.7 Å². The molecule has 1 atom stereocenters. The highest BCUT2D eigenvalue weighted by atomic mass is 35.5. The van der Waals surface area contributed by atoms with Crippen molar-refractivity contribution in [2.75, 3.05) is 0 Å². The summed E-state index contributed by atoms with van der Waals surface area (Å²) >= 11 is 5.81. The van der Waals surface area contributed by atoms with Gasteiger partial charge in [0.15, 0.2) is 11.5 Å². The van der Waals surface area contributed by atoms with Gasteiger partial charge in [0, 0.05) is 6.42 Å². The van der Waals surface area contributed by atoms with Crippen LogP contribution < -0.4 is 4.18 Å². The summed E-state index contributed by atoms with van der Waals surface area (Å²) in [5, 5.41) is -0.279. The van der Waals surface area contributed by atoms with Gasteiger partial charge < -0.3 is 4.18 Å². The predicted octanol–water partition coefficient (Wildman–Crippen LogP) is 4.25. The Hall–Kier alpha value is -1.92. The first-order valence-corrected chi connectivity index (χ1v) is 9.05. The number of Topliss-reactive ketones (excluding diaryl/α,β-unsaturated/α-hetero) is 1. The van der Waals surface area contributed by atoms with Gasteiger partial charge in [-0.3, -0.25) is 4.79 Å². The first-order valence-electron chi connectivity index (χ1n) is 7.27. The molecule has 0 amide bonds. The Morgan fingerprint density at radius 2 is 1.96 bits per heavy atom. The highest BCUT2D eigenvalue weighted by molar-refractivity contribution is 7.87. The second-order valence-corrected chi connectivity index (χ2v) is 7.73. The van der Waals surface area contributed by atoms with Crippen molar-refractivity contribution in [3.05, 3.63) is 57.9 Å². The number of carbonyl (C=O) groups is 1. The van der Waals surface area contributed by atoms with Crippen LogP contribution in [0.3, 0.4) is 0 Å². The van der Waals surface area contributed by atoms with Crippen molar-refractivity contribution < 1.29 is 21.8 Å². The number of halogens is 2. The van der Waals surface area contributed by atoms with E-state index in [2.05, 4.69) is 0 Å². The van der Waals surface area contributed by atoms with E-state index in [1.54, 1.807) is 6.07 Å². The number of carbonyl (C=O) groups excluding carboxylic acids is 1. The average Bonchev–Trinajstić information content (AvgIpc) is 2.77. The second kappa shape index (κ2) is 5.86. The van der Waals surface area contributed by atoms with E-state index in [-0.39, 0.29) is 27.4 Å². The summed E-state index contributed by atoms with van der Waals surface area (Å²) in [6.07, 6.45) is 0.313. The van der Waals surface area contributed by atoms with E-state index in [4.69, 9.17) is 15.8 Å². The van der Waals surface area contributed by atoms with Gasteiger partial charge >= 0.3 is 10.1 Å². The molecule has 3 rings (SSSR count). The van der Waals surface area contributed by atoms with Crippen molar-refractivity contribution in [2.45, 2.75) is 31.1 Å². The number of fused-ring (bicyclic) bond motifs is 1. The number of aryl methyl sites for hydroxylation is 1. The largest absolute Gasteiger partial charge is 0.378 e. The first-order chi connectivity index (χ1) is 11.2. The highest BCUT2D eigenvalue weighted by Crippen LogP contribution is 2.41. The van der Waals surface area contributed by atoms with E-state index >= 15 is 0 Å². The molecule has 2 aromatic rings. The topological polar surface area (TPSA) is 60.4 Å². The average molecular weight is 369 g/mol. The zero-order valence-corrected chi connectivity index (χ0v) is 14.5. The highest BCUT2D eigenvalue weighted by Gasteiger charge is 2.33. The van der Waals surface area contributed by atoms with Crippen LogP contribution in [0.1, 0.15) is 40.7 Å². The molecule has 1 aliphatic rings. The number of ketones is 1. The molecule has 126 valence electrons. The van der Waals surface area contributed by atoms with Crippen LogP contribution in [0.2, 0.25) is 5.02 Å². The molecule has 0 radical (unpaired) electrons. The van der Waals surface area contributed by atoms with Crippen LogP contribution in [0.15, 0.2) is 35.2 Å². The Balaban J connectivity index is 2.08. The minimum absolute atomic E-state index is 0.00756. The molecule has 1 aliphatic carbocycles. The van der Waals surface area contributed by atoms with Crippen LogP contribution in [0.5, 0.6) is 5.75 Å². The zero-order valence-electron chi connectivity index (χ0n) is 13.0. The summed E-state index contributed by atoms with van der Waals surface area (Å²) in [5.41, 5.74) is 2.01. The van der Waals surface area contributed by atoms with E-state index in [9.17, 15) is 17.6 Å². The fraction of sp³-hybridized carbons (Fsp3) is 0.235. The van der Waals surface area contributed by atoms with Crippen molar-refractivity contribution in [3.8, 4) is 5.75 Å².